The van der Waals surface area contributed by atoms with Gasteiger partial charge in [0.25, 0.3) is 0 Å². The normalized spacial score (nSPS) is 18.8. The Hall–Kier alpha value is -0.820. The van der Waals surface area contributed by atoms with Gasteiger partial charge in [-0.05, 0) is 32.6 Å². The summed E-state index contributed by atoms with van der Waals surface area (Å²) in [6, 6.07) is 0. The van der Waals surface area contributed by atoms with Crippen molar-refractivity contribution in [1.82, 2.24) is 4.98 Å². The Morgan fingerprint density at radius 3 is 2.35 bits per heavy atom. The average molecular weight is 386 g/mol. The smallest absolute Gasteiger partial charge is 0.360 e. The van der Waals surface area contributed by atoms with Crippen molar-refractivity contribution >= 4 is 47.4 Å². The highest BCUT2D eigenvalue weighted by atomic mass is 35.5. The minimum absolute atomic E-state index is 0. The zero-order chi connectivity index (χ0) is 16.4. The van der Waals surface area contributed by atoms with Crippen LogP contribution in [0.1, 0.15) is 48.9 Å². The molecule has 0 aliphatic heterocycles. The molecule has 2 aliphatic carbocycles. The van der Waals surface area contributed by atoms with Crippen molar-refractivity contribution < 1.29 is 18.7 Å². The van der Waals surface area contributed by atoms with E-state index < -0.39 is 15.7 Å². The first-order valence-corrected chi connectivity index (χ1v) is 7.84. The van der Waals surface area contributed by atoms with Crippen LogP contribution in [0.15, 0.2) is 10.8 Å². The third kappa shape index (κ3) is 4.83. The number of nitrogens with two attached hydrogens (primary N) is 1. The molecule has 1 aromatic rings. The predicted octanol–water partition coefficient (Wildman–Crippen LogP) is 2.79. The molecule has 3 rings (SSSR count). The van der Waals surface area contributed by atoms with Crippen molar-refractivity contribution in [2.24, 2.45) is 5.73 Å². The van der Waals surface area contributed by atoms with E-state index in [0.717, 1.165) is 25.7 Å². The predicted molar refractivity (Wildman–Crippen MR) is 88.4 cm³/mol. The van der Waals surface area contributed by atoms with Gasteiger partial charge in [0.2, 0.25) is 0 Å². The zero-order valence-corrected chi connectivity index (χ0v) is 15.0. The Bertz CT molecular complexity index is 568. The van der Waals surface area contributed by atoms with E-state index in [2.05, 4.69) is 4.98 Å². The molecule has 1 heterocycles. The van der Waals surface area contributed by atoms with Gasteiger partial charge in [-0.15, -0.1) is 35.6 Å². The van der Waals surface area contributed by atoms with Crippen molar-refractivity contribution in [1.29, 1.82) is 0 Å². The van der Waals surface area contributed by atoms with Gasteiger partial charge >= 0.3 is 5.97 Å². The molecule has 9 heteroatoms. The lowest BCUT2D eigenvalue weighted by atomic mass is 10.2. The summed E-state index contributed by atoms with van der Waals surface area (Å²) in [5, 5.41) is 0. The van der Waals surface area contributed by atoms with Crippen molar-refractivity contribution in [3.63, 3.8) is 0 Å². The summed E-state index contributed by atoms with van der Waals surface area (Å²) in [4.78, 5) is 24.8. The molecule has 0 bridgehead atoms. The molecule has 1 aromatic heterocycles. The van der Waals surface area contributed by atoms with E-state index in [-0.39, 0.29) is 30.4 Å². The second-order valence-electron chi connectivity index (χ2n) is 5.31. The fourth-order valence-electron chi connectivity index (χ4n) is 1.82. The van der Waals surface area contributed by atoms with Gasteiger partial charge in [0, 0.05) is 0 Å². The molecule has 0 saturated heterocycles. The number of oxazole rings is 1. The van der Waals surface area contributed by atoms with Crippen molar-refractivity contribution in [2.45, 2.75) is 42.4 Å². The molecule has 0 aromatic carbocycles. The van der Waals surface area contributed by atoms with Crippen LogP contribution < -0.4 is 5.73 Å². The standard InChI is InChI=1S/C9H10ClNO3.C5H8ClNO.ClH/c1-2-13-8(12)6-7(14-5-11-6)9(10)3-4-9;6-5(1-2-5)4(8)3-7;/h5H,2-4H2,1H3;1-3,7H2;1H. The van der Waals surface area contributed by atoms with E-state index in [0.29, 0.717) is 12.4 Å². The molecule has 0 spiro atoms. The second kappa shape index (κ2) is 7.83. The molecular weight excluding hydrogens is 367 g/mol. The molecule has 6 nitrogen and oxygen atoms in total. The number of esters is 1. The van der Waals surface area contributed by atoms with E-state index in [4.69, 9.17) is 38.1 Å². The Kier molecular flexibility index (Phi) is 6.89. The molecule has 23 heavy (non-hydrogen) atoms. The minimum atomic E-state index is -0.533. The molecule has 0 radical (unpaired) electrons. The van der Waals surface area contributed by atoms with Gasteiger partial charge in [-0.2, -0.15) is 0 Å². The fourth-order valence-corrected chi connectivity index (χ4v) is 2.22. The molecule has 2 N–H and O–H groups in total. The second-order valence-corrected chi connectivity index (χ2v) is 6.76. The van der Waals surface area contributed by atoms with Gasteiger partial charge in [0.15, 0.2) is 23.6 Å². The summed E-state index contributed by atoms with van der Waals surface area (Å²) in [6.07, 6.45) is 4.48. The first kappa shape index (κ1) is 20.2. The summed E-state index contributed by atoms with van der Waals surface area (Å²) in [6.45, 7) is 2.15. The van der Waals surface area contributed by atoms with Gasteiger partial charge in [0.1, 0.15) is 9.75 Å². The number of aromatic nitrogens is 1. The lowest BCUT2D eigenvalue weighted by molar-refractivity contribution is -0.118. The van der Waals surface area contributed by atoms with Crippen LogP contribution in [-0.4, -0.2) is 34.8 Å². The number of hydrogen-bond donors (Lipinski definition) is 1. The molecule has 0 unspecified atom stereocenters. The lowest BCUT2D eigenvalue weighted by Crippen LogP contribution is -2.24. The number of carbonyl (C=O) groups is 2. The van der Waals surface area contributed by atoms with E-state index in [1.54, 1.807) is 6.92 Å². The molecule has 130 valence electrons. The fraction of sp³-hybridized carbons (Fsp3) is 0.643. The summed E-state index contributed by atoms with van der Waals surface area (Å²) in [5.41, 5.74) is 5.27. The molecule has 0 atom stereocenters. The first-order chi connectivity index (χ1) is 10.4. The topological polar surface area (TPSA) is 95.4 Å². The molecule has 0 amide bonds. The lowest BCUT2D eigenvalue weighted by Gasteiger charge is -2.03. The highest BCUT2D eigenvalue weighted by Crippen LogP contribution is 2.53. The quantitative estimate of drug-likeness (QED) is 0.618. The van der Waals surface area contributed by atoms with Gasteiger partial charge in [0.05, 0.1) is 13.2 Å². The van der Waals surface area contributed by atoms with Crippen LogP contribution in [0, 0.1) is 0 Å². The molecular formula is C14H19Cl3N2O4. The maximum Gasteiger partial charge on any atom is 0.360 e. The largest absolute Gasteiger partial charge is 0.461 e. The van der Waals surface area contributed by atoms with Crippen LogP contribution in [-0.2, 0) is 14.4 Å². The number of alkyl halides is 2. The summed E-state index contributed by atoms with van der Waals surface area (Å²) in [5.74, 6) is -0.0417. The van der Waals surface area contributed by atoms with Gasteiger partial charge < -0.3 is 14.9 Å². The van der Waals surface area contributed by atoms with Crippen LogP contribution in [0.4, 0.5) is 0 Å². The summed E-state index contributed by atoms with van der Waals surface area (Å²) in [7, 11) is 0. The Morgan fingerprint density at radius 2 is 1.96 bits per heavy atom. The third-order valence-electron chi connectivity index (χ3n) is 3.51. The summed E-state index contributed by atoms with van der Waals surface area (Å²) < 4.78 is 9.94. The number of ether oxygens (including phenoxy) is 1. The van der Waals surface area contributed by atoms with E-state index >= 15 is 0 Å². The van der Waals surface area contributed by atoms with Crippen LogP contribution in [0.5, 0.6) is 0 Å². The van der Waals surface area contributed by atoms with Crippen molar-refractivity contribution in [3.8, 4) is 0 Å². The number of nitrogens with zero attached hydrogens (tertiary/aromatic N) is 1. The maximum atomic E-state index is 11.4. The molecule has 2 saturated carbocycles. The number of ketones is 1. The number of halogens is 3. The van der Waals surface area contributed by atoms with Crippen LogP contribution >= 0.6 is 35.6 Å². The molecule has 2 fully saturated rings. The Labute approximate surface area is 150 Å². The van der Waals surface area contributed by atoms with Gasteiger partial charge in [-0.1, -0.05) is 0 Å². The Balaban J connectivity index is 0.000000253. The third-order valence-corrected chi connectivity index (χ3v) is 4.64. The highest BCUT2D eigenvalue weighted by Gasteiger charge is 2.48. The van der Waals surface area contributed by atoms with Crippen LogP contribution in [0.2, 0.25) is 0 Å². The SMILES string of the molecule is CCOC(=O)c1ncoc1C1(Cl)CC1.Cl.NCC(=O)C1(Cl)CC1. The average Bonchev–Trinajstić information content (AvgIpc) is 3.37. The number of rotatable bonds is 5. The summed E-state index contributed by atoms with van der Waals surface area (Å²) >= 11 is 11.8. The number of hydrogen-bond acceptors (Lipinski definition) is 6. The van der Waals surface area contributed by atoms with E-state index in [9.17, 15) is 9.59 Å². The van der Waals surface area contributed by atoms with Crippen molar-refractivity contribution in [2.75, 3.05) is 13.2 Å². The maximum absolute atomic E-state index is 11.4. The minimum Gasteiger partial charge on any atom is -0.461 e. The first-order valence-electron chi connectivity index (χ1n) is 7.08. The van der Waals surface area contributed by atoms with Gasteiger partial charge in [-0.25, -0.2) is 9.78 Å². The molecule has 2 aliphatic rings. The highest BCUT2D eigenvalue weighted by molar-refractivity contribution is 6.37. The monoisotopic (exact) mass is 384 g/mol. The number of carbonyl (C=O) groups excluding carboxylic acids is 2. The zero-order valence-electron chi connectivity index (χ0n) is 12.6. The Morgan fingerprint density at radius 1 is 1.35 bits per heavy atom. The van der Waals surface area contributed by atoms with Crippen LogP contribution in [0.25, 0.3) is 0 Å². The van der Waals surface area contributed by atoms with Crippen LogP contribution in [0.3, 0.4) is 0 Å². The van der Waals surface area contributed by atoms with Gasteiger partial charge in [-0.3, -0.25) is 4.79 Å². The number of Topliss-reactive ketones (excluding diaryl/α,β-unsaturated/α-hetero) is 1. The van der Waals surface area contributed by atoms with E-state index in [1.165, 1.54) is 6.39 Å². The van der Waals surface area contributed by atoms with Crippen molar-refractivity contribution in [3.05, 3.63) is 17.8 Å². The van der Waals surface area contributed by atoms with E-state index in [1.807, 2.05) is 0 Å².